The highest BCUT2D eigenvalue weighted by molar-refractivity contribution is 5.86. The number of rotatable bonds is 9. The van der Waals surface area contributed by atoms with Crippen molar-refractivity contribution in [2.24, 2.45) is 10.9 Å². The third-order valence-corrected chi connectivity index (χ3v) is 3.15. The fourth-order valence-corrected chi connectivity index (χ4v) is 2.03. The first-order valence-corrected chi connectivity index (χ1v) is 7.03. The van der Waals surface area contributed by atoms with Crippen LogP contribution >= 0.6 is 0 Å². The van der Waals surface area contributed by atoms with Gasteiger partial charge in [0.25, 0.3) is 0 Å². The molecule has 0 spiro atoms. The second-order valence-corrected chi connectivity index (χ2v) is 4.47. The predicted molar refractivity (Wildman–Crippen MR) is 79.9 cm³/mol. The van der Waals surface area contributed by atoms with Gasteiger partial charge < -0.3 is 0 Å². The Morgan fingerprint density at radius 2 is 1.94 bits per heavy atom. The maximum Gasteiger partial charge on any atom is 0.0276 e. The summed E-state index contributed by atoms with van der Waals surface area (Å²) in [5.41, 5.74) is 1.41. The molecule has 17 heavy (non-hydrogen) atoms. The molecule has 1 heteroatoms. The van der Waals surface area contributed by atoms with E-state index in [1.54, 1.807) is 0 Å². The molecule has 0 saturated heterocycles. The summed E-state index contributed by atoms with van der Waals surface area (Å²) in [4.78, 5) is 4.49. The van der Waals surface area contributed by atoms with Gasteiger partial charge >= 0.3 is 0 Å². The number of allylic oxidation sites excluding steroid dienone is 4. The summed E-state index contributed by atoms with van der Waals surface area (Å²) in [7, 11) is 1.94. The quantitative estimate of drug-likeness (QED) is 0.296. The molecule has 0 heterocycles. The summed E-state index contributed by atoms with van der Waals surface area (Å²) in [6.45, 7) is 6.56. The fraction of sp³-hybridized carbons (Fsp3) is 0.688. The zero-order chi connectivity index (χ0) is 12.9. The molecule has 98 valence electrons. The average molecular weight is 235 g/mol. The van der Waals surface area contributed by atoms with Gasteiger partial charge in [0.2, 0.25) is 0 Å². The fourth-order valence-electron chi connectivity index (χ4n) is 2.03. The molecule has 1 nitrogen and oxygen atoms in total. The van der Waals surface area contributed by atoms with Crippen LogP contribution in [-0.2, 0) is 0 Å². The highest BCUT2D eigenvalue weighted by Gasteiger charge is 2.11. The molecule has 0 aliphatic carbocycles. The van der Waals surface area contributed by atoms with Gasteiger partial charge in [-0.15, -0.1) is 0 Å². The van der Waals surface area contributed by atoms with Gasteiger partial charge in [0.05, 0.1) is 0 Å². The molecular formula is C16H29N. The van der Waals surface area contributed by atoms with Crippen LogP contribution in [0.25, 0.3) is 0 Å². The SMILES string of the molecule is C/C=C\C=C/CC(CC)C(CCCCC)=NC. The molecule has 0 amide bonds. The van der Waals surface area contributed by atoms with Crippen molar-refractivity contribution in [2.45, 2.75) is 59.3 Å². The second-order valence-electron chi connectivity index (χ2n) is 4.47. The van der Waals surface area contributed by atoms with E-state index in [1.807, 2.05) is 14.0 Å². The Morgan fingerprint density at radius 1 is 1.18 bits per heavy atom. The van der Waals surface area contributed by atoms with E-state index in [4.69, 9.17) is 0 Å². The molecule has 0 rings (SSSR count). The van der Waals surface area contributed by atoms with Gasteiger partial charge in [-0.2, -0.15) is 0 Å². The topological polar surface area (TPSA) is 12.4 Å². The maximum atomic E-state index is 4.49. The van der Waals surface area contributed by atoms with Crippen molar-refractivity contribution in [3.05, 3.63) is 24.3 Å². The highest BCUT2D eigenvalue weighted by atomic mass is 14.7. The molecule has 0 aromatic heterocycles. The van der Waals surface area contributed by atoms with Crippen molar-refractivity contribution in [1.29, 1.82) is 0 Å². The zero-order valence-corrected chi connectivity index (χ0v) is 12.1. The van der Waals surface area contributed by atoms with Gasteiger partial charge in [0.15, 0.2) is 0 Å². The molecule has 0 aromatic carbocycles. The Kier molecular flexibility index (Phi) is 11.0. The Balaban J connectivity index is 4.19. The molecule has 1 unspecified atom stereocenters. The van der Waals surface area contributed by atoms with E-state index in [0.29, 0.717) is 5.92 Å². The first kappa shape index (κ1) is 16.1. The van der Waals surface area contributed by atoms with Gasteiger partial charge in [-0.25, -0.2) is 0 Å². The molecule has 1 atom stereocenters. The highest BCUT2D eigenvalue weighted by Crippen LogP contribution is 2.16. The summed E-state index contributed by atoms with van der Waals surface area (Å²) in [6, 6.07) is 0. The summed E-state index contributed by atoms with van der Waals surface area (Å²) in [5, 5.41) is 0. The minimum Gasteiger partial charge on any atom is -0.297 e. The van der Waals surface area contributed by atoms with Gasteiger partial charge in [0.1, 0.15) is 0 Å². The van der Waals surface area contributed by atoms with E-state index in [2.05, 4.69) is 43.1 Å². The summed E-state index contributed by atoms with van der Waals surface area (Å²) in [5.74, 6) is 0.637. The molecule has 0 radical (unpaired) electrons. The molecule has 0 saturated carbocycles. The van der Waals surface area contributed by atoms with Gasteiger partial charge in [0, 0.05) is 12.8 Å². The van der Waals surface area contributed by atoms with E-state index in [9.17, 15) is 0 Å². The third kappa shape index (κ3) is 7.95. The average Bonchev–Trinajstić information content (AvgIpc) is 2.36. The zero-order valence-electron chi connectivity index (χ0n) is 12.1. The lowest BCUT2D eigenvalue weighted by atomic mass is 9.92. The number of hydrogen-bond donors (Lipinski definition) is 0. The van der Waals surface area contributed by atoms with Crippen LogP contribution in [0.2, 0.25) is 0 Å². The first-order chi connectivity index (χ1) is 8.29. The smallest absolute Gasteiger partial charge is 0.0276 e. The number of unbranched alkanes of at least 4 members (excludes halogenated alkanes) is 2. The lowest BCUT2D eigenvalue weighted by molar-refractivity contribution is 0.643. The number of nitrogens with zero attached hydrogens (tertiary/aromatic N) is 1. The second kappa shape index (κ2) is 11.6. The standard InChI is InChI=1S/C16H29N/c1-5-8-10-12-13-15(7-3)16(17-4)14-11-9-6-2/h5,8,10,12,15H,6-7,9,11,13-14H2,1-4H3/b8-5-,12-10-,17-16?. The molecule has 0 aliphatic rings. The van der Waals surface area contributed by atoms with Crippen LogP contribution in [0.15, 0.2) is 29.3 Å². The van der Waals surface area contributed by atoms with E-state index < -0.39 is 0 Å². The monoisotopic (exact) mass is 235 g/mol. The molecule has 0 aromatic rings. The number of hydrogen-bond acceptors (Lipinski definition) is 1. The van der Waals surface area contributed by atoms with Gasteiger partial charge in [-0.1, -0.05) is 51.0 Å². The van der Waals surface area contributed by atoms with Crippen molar-refractivity contribution >= 4 is 5.71 Å². The molecule has 0 aliphatic heterocycles. The van der Waals surface area contributed by atoms with E-state index in [1.165, 1.54) is 37.8 Å². The van der Waals surface area contributed by atoms with Gasteiger partial charge in [-0.3, -0.25) is 4.99 Å². The number of aliphatic imine (C=N–C) groups is 1. The van der Waals surface area contributed by atoms with Crippen molar-refractivity contribution in [3.8, 4) is 0 Å². The minimum absolute atomic E-state index is 0.637. The van der Waals surface area contributed by atoms with Crippen LogP contribution in [0.3, 0.4) is 0 Å². The Bertz CT molecular complexity index is 248. The van der Waals surface area contributed by atoms with E-state index in [-0.39, 0.29) is 0 Å². The molecular weight excluding hydrogens is 206 g/mol. The van der Waals surface area contributed by atoms with E-state index in [0.717, 1.165) is 6.42 Å². The maximum absolute atomic E-state index is 4.49. The van der Waals surface area contributed by atoms with Crippen LogP contribution in [0, 0.1) is 5.92 Å². The van der Waals surface area contributed by atoms with Crippen LogP contribution in [-0.4, -0.2) is 12.8 Å². The molecule has 0 N–H and O–H groups in total. The Hall–Kier alpha value is -0.850. The summed E-state index contributed by atoms with van der Waals surface area (Å²) in [6.07, 6.45) is 16.0. The van der Waals surface area contributed by atoms with Crippen molar-refractivity contribution in [2.75, 3.05) is 7.05 Å². The molecule has 0 bridgehead atoms. The van der Waals surface area contributed by atoms with Gasteiger partial charge in [-0.05, 0) is 38.5 Å². The first-order valence-electron chi connectivity index (χ1n) is 7.03. The largest absolute Gasteiger partial charge is 0.297 e. The van der Waals surface area contributed by atoms with Crippen LogP contribution in [0.1, 0.15) is 59.3 Å². The van der Waals surface area contributed by atoms with Crippen molar-refractivity contribution in [1.82, 2.24) is 0 Å². The third-order valence-electron chi connectivity index (χ3n) is 3.15. The van der Waals surface area contributed by atoms with Crippen molar-refractivity contribution < 1.29 is 0 Å². The summed E-state index contributed by atoms with van der Waals surface area (Å²) >= 11 is 0. The lowest BCUT2D eigenvalue weighted by Crippen LogP contribution is -2.13. The minimum atomic E-state index is 0.637. The van der Waals surface area contributed by atoms with Crippen LogP contribution in [0.4, 0.5) is 0 Å². The van der Waals surface area contributed by atoms with E-state index >= 15 is 0 Å². The Morgan fingerprint density at radius 3 is 2.47 bits per heavy atom. The van der Waals surface area contributed by atoms with Crippen LogP contribution in [0.5, 0.6) is 0 Å². The summed E-state index contributed by atoms with van der Waals surface area (Å²) < 4.78 is 0. The predicted octanol–water partition coefficient (Wildman–Crippen LogP) is 5.19. The Labute approximate surface area is 108 Å². The van der Waals surface area contributed by atoms with Crippen LogP contribution < -0.4 is 0 Å². The molecule has 0 fully saturated rings. The van der Waals surface area contributed by atoms with Crippen molar-refractivity contribution in [3.63, 3.8) is 0 Å². The lowest BCUT2D eigenvalue weighted by Gasteiger charge is -2.15. The normalized spacial score (nSPS) is 14.9.